The van der Waals surface area contributed by atoms with Gasteiger partial charge >= 0.3 is 6.09 Å². The van der Waals surface area contributed by atoms with Gasteiger partial charge < -0.3 is 28.8 Å². The lowest BCUT2D eigenvalue weighted by Gasteiger charge is -2.41. The van der Waals surface area contributed by atoms with Crippen LogP contribution in [0.3, 0.4) is 0 Å². The predicted octanol–water partition coefficient (Wildman–Crippen LogP) is 3.88. The highest BCUT2D eigenvalue weighted by Gasteiger charge is 2.50. The molecule has 0 unspecified atom stereocenters. The van der Waals surface area contributed by atoms with E-state index >= 15 is 0 Å². The van der Waals surface area contributed by atoms with Crippen LogP contribution in [0.2, 0.25) is 0 Å². The normalized spacial score (nSPS) is 27.4. The van der Waals surface area contributed by atoms with Crippen LogP contribution in [-0.4, -0.2) is 72.1 Å². The van der Waals surface area contributed by atoms with Crippen molar-refractivity contribution in [2.24, 2.45) is 0 Å². The van der Waals surface area contributed by atoms with E-state index in [1.165, 1.54) is 0 Å². The number of ether oxygens (including phenoxy) is 5. The minimum atomic E-state index is -0.810. The quantitative estimate of drug-likeness (QED) is 0.612. The molecule has 0 radical (unpaired) electrons. The first-order chi connectivity index (χ1) is 15.5. The summed E-state index contributed by atoms with van der Waals surface area (Å²) >= 11 is 0. The van der Waals surface area contributed by atoms with Crippen molar-refractivity contribution in [3.8, 4) is 5.75 Å². The molecule has 33 heavy (non-hydrogen) atoms. The zero-order chi connectivity index (χ0) is 24.2. The Bertz CT molecular complexity index is 774. The van der Waals surface area contributed by atoms with Crippen molar-refractivity contribution >= 4 is 6.09 Å². The molecule has 8 heteroatoms. The Hall–Kier alpha value is -1.87. The summed E-state index contributed by atoms with van der Waals surface area (Å²) < 4.78 is 28.9. The van der Waals surface area contributed by atoms with E-state index in [2.05, 4.69) is 0 Å². The number of rotatable bonds is 7. The minimum Gasteiger partial charge on any atom is -0.497 e. The number of aliphatic hydroxyl groups is 1. The molecule has 0 bridgehead atoms. The Labute approximate surface area is 197 Å². The Balaban J connectivity index is 1.55. The second kappa shape index (κ2) is 10.6. The summed E-state index contributed by atoms with van der Waals surface area (Å²) in [6.45, 7) is 10.6. The van der Waals surface area contributed by atoms with E-state index < -0.39 is 23.5 Å². The van der Waals surface area contributed by atoms with Crippen molar-refractivity contribution in [2.75, 3.05) is 20.3 Å². The van der Waals surface area contributed by atoms with Crippen molar-refractivity contribution in [3.63, 3.8) is 0 Å². The summed E-state index contributed by atoms with van der Waals surface area (Å²) in [4.78, 5) is 14.6. The van der Waals surface area contributed by atoms with Crippen molar-refractivity contribution < 1.29 is 33.6 Å². The number of carbonyl (C=O) groups is 1. The van der Waals surface area contributed by atoms with Gasteiger partial charge in [0.05, 0.1) is 44.7 Å². The third-order valence-corrected chi connectivity index (χ3v) is 5.96. The number of carbonyl (C=O) groups excluding carboxylic acids is 1. The number of aliphatic hydroxyl groups excluding tert-OH is 1. The number of hydrogen-bond donors (Lipinski definition) is 1. The number of hydrogen-bond acceptors (Lipinski definition) is 7. The van der Waals surface area contributed by atoms with Gasteiger partial charge in [0, 0.05) is 13.0 Å². The average Bonchev–Trinajstić information content (AvgIpc) is 3.05. The van der Waals surface area contributed by atoms with Crippen LogP contribution >= 0.6 is 0 Å². The fourth-order valence-electron chi connectivity index (χ4n) is 4.36. The summed E-state index contributed by atoms with van der Waals surface area (Å²) in [5, 5.41) is 10.5. The monoisotopic (exact) mass is 465 g/mol. The highest BCUT2D eigenvalue weighted by atomic mass is 16.6. The first kappa shape index (κ1) is 25.7. The van der Waals surface area contributed by atoms with Crippen molar-refractivity contribution in [1.82, 2.24) is 4.90 Å². The number of amides is 1. The van der Waals surface area contributed by atoms with Crippen molar-refractivity contribution in [3.05, 3.63) is 29.8 Å². The van der Waals surface area contributed by atoms with Crippen LogP contribution in [0, 0.1) is 0 Å². The molecule has 0 saturated carbocycles. The van der Waals surface area contributed by atoms with Gasteiger partial charge in [-0.15, -0.1) is 0 Å². The second-order valence-corrected chi connectivity index (χ2v) is 10.3. The molecule has 2 aliphatic heterocycles. The van der Waals surface area contributed by atoms with Gasteiger partial charge in [-0.05, 0) is 65.2 Å². The van der Waals surface area contributed by atoms with E-state index in [-0.39, 0.29) is 18.2 Å². The maximum atomic E-state index is 13.0. The number of methoxy groups -OCH3 is 1. The molecule has 2 heterocycles. The maximum absolute atomic E-state index is 13.0. The molecule has 8 nitrogen and oxygen atoms in total. The molecule has 186 valence electrons. The van der Waals surface area contributed by atoms with Crippen LogP contribution in [0.4, 0.5) is 4.79 Å². The summed E-state index contributed by atoms with van der Waals surface area (Å²) in [6.07, 6.45) is 0.233. The van der Waals surface area contributed by atoms with E-state index in [0.717, 1.165) is 11.3 Å². The third kappa shape index (κ3) is 7.06. The molecule has 0 spiro atoms. The largest absolute Gasteiger partial charge is 0.497 e. The van der Waals surface area contributed by atoms with E-state index in [0.29, 0.717) is 39.1 Å². The zero-order valence-electron chi connectivity index (χ0n) is 20.7. The number of nitrogens with zero attached hydrogens (tertiary/aromatic N) is 1. The van der Waals surface area contributed by atoms with Crippen LogP contribution in [0.15, 0.2) is 24.3 Å². The van der Waals surface area contributed by atoms with Gasteiger partial charge in [-0.25, -0.2) is 4.79 Å². The molecule has 3 rings (SSSR count). The van der Waals surface area contributed by atoms with Gasteiger partial charge in [0.25, 0.3) is 0 Å². The fourth-order valence-corrected chi connectivity index (χ4v) is 4.36. The molecule has 2 saturated heterocycles. The van der Waals surface area contributed by atoms with Crippen molar-refractivity contribution in [1.29, 1.82) is 0 Å². The predicted molar refractivity (Wildman–Crippen MR) is 123 cm³/mol. The van der Waals surface area contributed by atoms with E-state index in [1.807, 2.05) is 58.9 Å². The molecule has 1 aromatic rings. The highest BCUT2D eigenvalue weighted by molar-refractivity contribution is 5.70. The Morgan fingerprint density at radius 3 is 2.55 bits per heavy atom. The van der Waals surface area contributed by atoms with Crippen LogP contribution in [0.1, 0.15) is 59.4 Å². The standard InChI is InChI=1S/C25H39NO7/c1-24(2,3)33-23(28)26-21(16-31-25(26,4)5)22-14-18(27)13-20(32-22)11-12-30-15-17-7-9-19(29-6)10-8-17/h7-10,18,20-22,27H,11-16H2,1-6H3/t18-,20+,21-,22-/m1/s1. The van der Waals surface area contributed by atoms with Gasteiger partial charge in [-0.3, -0.25) is 4.90 Å². The van der Waals surface area contributed by atoms with Crippen molar-refractivity contribution in [2.45, 2.75) is 96.2 Å². The number of benzene rings is 1. The zero-order valence-corrected chi connectivity index (χ0v) is 20.7. The molecule has 1 N–H and O–H groups in total. The lowest BCUT2D eigenvalue weighted by atomic mass is 9.94. The third-order valence-electron chi connectivity index (χ3n) is 5.96. The van der Waals surface area contributed by atoms with Gasteiger partial charge in [0.2, 0.25) is 0 Å². The first-order valence-electron chi connectivity index (χ1n) is 11.7. The average molecular weight is 466 g/mol. The Morgan fingerprint density at radius 2 is 1.91 bits per heavy atom. The molecule has 0 aromatic heterocycles. The van der Waals surface area contributed by atoms with E-state index in [9.17, 15) is 9.90 Å². The van der Waals surface area contributed by atoms with E-state index in [4.69, 9.17) is 23.7 Å². The highest BCUT2D eigenvalue weighted by Crippen LogP contribution is 2.35. The summed E-state index contributed by atoms with van der Waals surface area (Å²) in [5.74, 6) is 0.814. The minimum absolute atomic E-state index is 0.154. The second-order valence-electron chi connectivity index (χ2n) is 10.3. The van der Waals surface area contributed by atoms with Crippen LogP contribution < -0.4 is 4.74 Å². The molecule has 2 aliphatic rings. The summed E-state index contributed by atoms with van der Waals surface area (Å²) in [5.41, 5.74) is -0.358. The smallest absolute Gasteiger partial charge is 0.412 e. The first-order valence-corrected chi connectivity index (χ1v) is 11.7. The van der Waals surface area contributed by atoms with Gasteiger partial charge in [-0.2, -0.15) is 0 Å². The lowest BCUT2D eigenvalue weighted by Crippen LogP contribution is -2.56. The SMILES string of the molecule is COc1ccc(COCC[C@H]2C[C@@H](O)C[C@H]([C@H]3COC(C)(C)N3C(=O)OC(C)(C)C)O2)cc1. The Kier molecular flexibility index (Phi) is 8.26. The molecular formula is C25H39NO7. The molecule has 2 fully saturated rings. The molecular weight excluding hydrogens is 426 g/mol. The summed E-state index contributed by atoms with van der Waals surface area (Å²) in [6, 6.07) is 7.44. The van der Waals surface area contributed by atoms with Gasteiger partial charge in [0.15, 0.2) is 0 Å². The molecule has 1 aromatic carbocycles. The van der Waals surface area contributed by atoms with E-state index in [1.54, 1.807) is 12.0 Å². The summed E-state index contributed by atoms with van der Waals surface area (Å²) in [7, 11) is 1.64. The molecule has 4 atom stereocenters. The molecule has 0 aliphatic carbocycles. The topological polar surface area (TPSA) is 86.7 Å². The van der Waals surface area contributed by atoms with Crippen LogP contribution in [-0.2, 0) is 25.6 Å². The maximum Gasteiger partial charge on any atom is 0.412 e. The van der Waals surface area contributed by atoms with Crippen LogP contribution in [0.25, 0.3) is 0 Å². The lowest BCUT2D eigenvalue weighted by molar-refractivity contribution is -0.131. The van der Waals surface area contributed by atoms with Gasteiger partial charge in [0.1, 0.15) is 17.1 Å². The molecule has 1 amide bonds. The fraction of sp³-hybridized carbons (Fsp3) is 0.720. The van der Waals surface area contributed by atoms with Crippen LogP contribution in [0.5, 0.6) is 5.75 Å². The Morgan fingerprint density at radius 1 is 1.21 bits per heavy atom. The van der Waals surface area contributed by atoms with Gasteiger partial charge in [-0.1, -0.05) is 12.1 Å².